The molecule has 4 aromatic carbocycles. The average molecular weight is 447 g/mol. The molecule has 0 aliphatic rings. The molecule has 0 heterocycles. The van der Waals surface area contributed by atoms with Gasteiger partial charge < -0.3 is 19.7 Å². The molecular weight excluding hydrogens is 420 g/mol. The summed E-state index contributed by atoms with van der Waals surface area (Å²) in [6, 6.07) is 27.0. The minimum atomic E-state index is -0.965. The van der Waals surface area contributed by atoms with Gasteiger partial charge in [-0.2, -0.15) is 0 Å². The zero-order valence-corrected chi connectivity index (χ0v) is 18.1. The van der Waals surface area contributed by atoms with Crippen LogP contribution >= 0.6 is 0 Å². The van der Waals surface area contributed by atoms with Crippen molar-refractivity contribution < 1.29 is 19.7 Å². The van der Waals surface area contributed by atoms with Crippen LogP contribution < -0.4 is 9.47 Å². The zero-order chi connectivity index (χ0) is 23.0. The maximum Gasteiger partial charge on any atom is 0.127 e. The molecule has 4 rings (SSSR count). The number of aliphatic hydroxyl groups excluding tert-OH is 2. The molecule has 2 N–H and O–H groups in total. The number of hydrogen-bond acceptors (Lipinski definition) is 6. The molecule has 7 heteroatoms. The Kier molecular flexibility index (Phi) is 7.34. The van der Waals surface area contributed by atoms with Gasteiger partial charge in [-0.25, -0.2) is 0 Å². The monoisotopic (exact) mass is 446 g/mol. The molecule has 0 saturated carbocycles. The molecule has 0 spiro atoms. The molecule has 2 unspecified atom stereocenters. The number of nitroso groups, excluding NO2 is 1. The molecular formula is C26H26N2O5. The fourth-order valence-corrected chi connectivity index (χ4v) is 3.75. The van der Waals surface area contributed by atoms with E-state index in [2.05, 4.69) is 5.29 Å². The van der Waals surface area contributed by atoms with E-state index in [9.17, 15) is 15.1 Å². The van der Waals surface area contributed by atoms with E-state index in [1.807, 2.05) is 84.9 Å². The highest BCUT2D eigenvalue weighted by Gasteiger charge is 2.17. The van der Waals surface area contributed by atoms with Crippen molar-refractivity contribution in [2.45, 2.75) is 12.2 Å². The lowest BCUT2D eigenvalue weighted by molar-refractivity contribution is 0.0321. The second kappa shape index (κ2) is 10.8. The lowest BCUT2D eigenvalue weighted by Crippen LogP contribution is -2.38. The van der Waals surface area contributed by atoms with Crippen molar-refractivity contribution in [2.75, 3.05) is 26.3 Å². The third-order valence-electron chi connectivity index (χ3n) is 5.32. The fourth-order valence-electron chi connectivity index (χ4n) is 3.75. The highest BCUT2D eigenvalue weighted by molar-refractivity contribution is 5.88. The molecule has 0 saturated heterocycles. The summed E-state index contributed by atoms with van der Waals surface area (Å²) in [7, 11) is 0. The Morgan fingerprint density at radius 1 is 0.667 bits per heavy atom. The predicted octanol–water partition coefficient (Wildman–Crippen LogP) is 4.16. The maximum absolute atomic E-state index is 11.2. The van der Waals surface area contributed by atoms with Gasteiger partial charge in [-0.05, 0) is 22.9 Å². The van der Waals surface area contributed by atoms with E-state index in [1.54, 1.807) is 0 Å². The quantitative estimate of drug-likeness (QED) is 0.266. The molecule has 2 atom stereocenters. The summed E-state index contributed by atoms with van der Waals surface area (Å²) in [6.07, 6.45) is -1.93. The number of aliphatic hydroxyl groups is 2. The lowest BCUT2D eigenvalue weighted by atomic mass is 10.1. The van der Waals surface area contributed by atoms with Crippen LogP contribution in [0.1, 0.15) is 0 Å². The van der Waals surface area contributed by atoms with Gasteiger partial charge in [0, 0.05) is 10.8 Å². The van der Waals surface area contributed by atoms with Crippen molar-refractivity contribution >= 4 is 21.5 Å². The summed E-state index contributed by atoms with van der Waals surface area (Å²) in [6.45, 7) is -0.162. The number of ether oxygens (including phenoxy) is 2. The molecule has 0 aliphatic heterocycles. The van der Waals surface area contributed by atoms with Crippen LogP contribution in [0.15, 0.2) is 90.2 Å². The Morgan fingerprint density at radius 2 is 1.09 bits per heavy atom. The number of benzene rings is 4. The van der Waals surface area contributed by atoms with E-state index >= 15 is 0 Å². The number of nitrogens with zero attached hydrogens (tertiary/aromatic N) is 2. The molecule has 0 radical (unpaired) electrons. The van der Waals surface area contributed by atoms with Crippen molar-refractivity contribution in [3.05, 3.63) is 89.8 Å². The van der Waals surface area contributed by atoms with Gasteiger partial charge >= 0.3 is 0 Å². The Bertz CT molecular complexity index is 1110. The average Bonchev–Trinajstić information content (AvgIpc) is 2.85. The van der Waals surface area contributed by atoms with Crippen LogP contribution in [-0.4, -0.2) is 53.7 Å². The van der Waals surface area contributed by atoms with E-state index in [0.29, 0.717) is 11.5 Å². The highest BCUT2D eigenvalue weighted by Crippen LogP contribution is 2.26. The number of rotatable bonds is 11. The van der Waals surface area contributed by atoms with Crippen LogP contribution in [0.25, 0.3) is 21.5 Å². The lowest BCUT2D eigenvalue weighted by Gasteiger charge is -2.22. The van der Waals surface area contributed by atoms with Crippen LogP contribution in [0.4, 0.5) is 0 Å². The smallest absolute Gasteiger partial charge is 0.127 e. The molecule has 0 bridgehead atoms. The van der Waals surface area contributed by atoms with Crippen LogP contribution in [0, 0.1) is 4.91 Å². The first-order valence-corrected chi connectivity index (χ1v) is 10.8. The minimum Gasteiger partial charge on any atom is -0.490 e. The molecule has 33 heavy (non-hydrogen) atoms. The van der Waals surface area contributed by atoms with Gasteiger partial charge in [0.15, 0.2) is 0 Å². The number of fused-ring (bicyclic) bond motifs is 2. The normalized spacial score (nSPS) is 12.9. The van der Waals surface area contributed by atoms with Gasteiger partial charge in [0.05, 0.1) is 18.4 Å². The van der Waals surface area contributed by atoms with Crippen molar-refractivity contribution in [1.82, 2.24) is 5.01 Å². The Balaban J connectivity index is 1.28. The zero-order valence-electron chi connectivity index (χ0n) is 18.1. The maximum atomic E-state index is 11.2. The van der Waals surface area contributed by atoms with Crippen molar-refractivity contribution in [3.8, 4) is 11.5 Å². The largest absolute Gasteiger partial charge is 0.490 e. The van der Waals surface area contributed by atoms with E-state index in [0.717, 1.165) is 26.6 Å². The highest BCUT2D eigenvalue weighted by atomic mass is 16.5. The molecule has 0 aromatic heterocycles. The third kappa shape index (κ3) is 5.77. The topological polar surface area (TPSA) is 91.6 Å². The van der Waals surface area contributed by atoms with E-state index in [-0.39, 0.29) is 26.3 Å². The van der Waals surface area contributed by atoms with Gasteiger partial charge in [-0.1, -0.05) is 72.8 Å². The molecule has 7 nitrogen and oxygen atoms in total. The summed E-state index contributed by atoms with van der Waals surface area (Å²) in [5, 5.41) is 28.7. The molecule has 0 aliphatic carbocycles. The number of hydrogen-bond donors (Lipinski definition) is 2. The summed E-state index contributed by atoms with van der Waals surface area (Å²) in [5.74, 6) is 1.31. The van der Waals surface area contributed by atoms with Gasteiger partial charge in [-0.3, -0.25) is 5.01 Å². The van der Waals surface area contributed by atoms with E-state index < -0.39 is 12.2 Å². The van der Waals surface area contributed by atoms with E-state index in [4.69, 9.17) is 9.47 Å². The van der Waals surface area contributed by atoms with E-state index in [1.165, 1.54) is 0 Å². The first kappa shape index (κ1) is 22.5. The van der Waals surface area contributed by atoms with Crippen LogP contribution in [0.3, 0.4) is 0 Å². The molecule has 170 valence electrons. The van der Waals surface area contributed by atoms with Gasteiger partial charge in [0.2, 0.25) is 0 Å². The van der Waals surface area contributed by atoms with Crippen LogP contribution in [-0.2, 0) is 0 Å². The summed E-state index contributed by atoms with van der Waals surface area (Å²) < 4.78 is 11.5. The standard InChI is InChI=1S/C26H26N2O5/c29-21(17-32-25-13-5-9-19-7-1-3-11-23(19)25)15-28(27-31)16-22(30)18-33-26-14-6-10-20-8-2-4-12-24(20)26/h1-14,21-22,29-30H,15-18H2. The Morgan fingerprint density at radius 3 is 1.55 bits per heavy atom. The molecule has 4 aromatic rings. The van der Waals surface area contributed by atoms with Gasteiger partial charge in [0.25, 0.3) is 0 Å². The molecule has 0 amide bonds. The summed E-state index contributed by atoms with van der Waals surface area (Å²) in [5.41, 5.74) is 0. The van der Waals surface area contributed by atoms with Gasteiger partial charge in [0.1, 0.15) is 36.9 Å². The second-order valence-electron chi connectivity index (χ2n) is 7.84. The van der Waals surface area contributed by atoms with Crippen molar-refractivity contribution in [2.24, 2.45) is 5.29 Å². The predicted molar refractivity (Wildman–Crippen MR) is 128 cm³/mol. The Labute approximate surface area is 191 Å². The van der Waals surface area contributed by atoms with Crippen molar-refractivity contribution in [1.29, 1.82) is 0 Å². The SMILES string of the molecule is O=NN(CC(O)COc1cccc2ccccc12)CC(O)COc1cccc2ccccc12. The molecule has 0 fully saturated rings. The minimum absolute atomic E-state index is 0.0113. The van der Waals surface area contributed by atoms with Crippen molar-refractivity contribution in [3.63, 3.8) is 0 Å². The Hall–Kier alpha value is -3.68. The first-order chi connectivity index (χ1) is 16.1. The summed E-state index contributed by atoms with van der Waals surface area (Å²) in [4.78, 5) is 11.2. The first-order valence-electron chi connectivity index (χ1n) is 10.8. The van der Waals surface area contributed by atoms with Crippen LogP contribution in [0.5, 0.6) is 11.5 Å². The summed E-state index contributed by atoms with van der Waals surface area (Å²) >= 11 is 0. The fraction of sp³-hybridized carbons (Fsp3) is 0.231. The third-order valence-corrected chi connectivity index (χ3v) is 5.32. The van der Waals surface area contributed by atoms with Gasteiger partial charge in [-0.15, -0.1) is 4.91 Å². The van der Waals surface area contributed by atoms with Crippen LogP contribution in [0.2, 0.25) is 0 Å². The second-order valence-corrected chi connectivity index (χ2v) is 7.84.